The maximum absolute atomic E-state index is 13.5. The molecule has 0 saturated heterocycles. The summed E-state index contributed by atoms with van der Waals surface area (Å²) in [7, 11) is 1.75. The molecule has 1 aromatic heterocycles. The van der Waals surface area contributed by atoms with E-state index in [2.05, 4.69) is 36.7 Å². The van der Waals surface area contributed by atoms with Crippen molar-refractivity contribution in [1.82, 2.24) is 14.5 Å². The van der Waals surface area contributed by atoms with Gasteiger partial charge in [-0.1, -0.05) is 61.0 Å². The van der Waals surface area contributed by atoms with Crippen LogP contribution in [-0.2, 0) is 5.41 Å². The lowest BCUT2D eigenvalue weighted by molar-refractivity contribution is 0.0735. The lowest BCUT2D eigenvalue weighted by Crippen LogP contribution is -2.35. The predicted octanol–water partition coefficient (Wildman–Crippen LogP) is 6.28. The highest BCUT2D eigenvalue weighted by atomic mass is 79.9. The van der Waals surface area contributed by atoms with Crippen molar-refractivity contribution in [3.8, 4) is 5.69 Å². The Bertz CT molecular complexity index is 1400. The number of rotatable bonds is 4. The maximum Gasteiger partial charge on any atom is 0.266 e. The zero-order valence-electron chi connectivity index (χ0n) is 20.0. The summed E-state index contributed by atoms with van der Waals surface area (Å²) in [5.41, 5.74) is 2.92. The van der Waals surface area contributed by atoms with Crippen LogP contribution >= 0.6 is 15.9 Å². The fourth-order valence-corrected chi connectivity index (χ4v) is 4.20. The minimum Gasteiger partial charge on any atom is -0.332 e. The van der Waals surface area contributed by atoms with Crippen molar-refractivity contribution >= 4 is 32.7 Å². The molecule has 0 N–H and O–H groups in total. The van der Waals surface area contributed by atoms with E-state index in [-0.39, 0.29) is 16.9 Å². The van der Waals surface area contributed by atoms with Crippen molar-refractivity contribution in [3.05, 3.63) is 105 Å². The Morgan fingerprint density at radius 1 is 0.971 bits per heavy atom. The molecule has 4 aromatic rings. The highest BCUT2D eigenvalue weighted by molar-refractivity contribution is 9.10. The summed E-state index contributed by atoms with van der Waals surface area (Å²) in [5, 5.41) is 0.535. The number of benzene rings is 3. The minimum absolute atomic E-state index is 0.0104. The third-order valence-corrected chi connectivity index (χ3v) is 6.69. The number of nitrogens with zero attached hydrogens (tertiary/aromatic N) is 3. The number of amides is 1. The Morgan fingerprint density at radius 2 is 1.59 bits per heavy atom. The number of halogens is 1. The van der Waals surface area contributed by atoms with Crippen LogP contribution < -0.4 is 5.56 Å². The van der Waals surface area contributed by atoms with Crippen LogP contribution in [-0.4, -0.2) is 27.4 Å². The quantitative estimate of drug-likeness (QED) is 0.320. The second-order valence-corrected chi connectivity index (χ2v) is 10.4. The van der Waals surface area contributed by atoms with Crippen molar-refractivity contribution < 1.29 is 4.79 Å². The van der Waals surface area contributed by atoms with Gasteiger partial charge >= 0.3 is 0 Å². The summed E-state index contributed by atoms with van der Waals surface area (Å²) < 4.78 is 2.52. The molecular formula is C28H28BrN3O2. The van der Waals surface area contributed by atoms with Gasteiger partial charge in [-0.3, -0.25) is 14.2 Å². The Hall–Kier alpha value is -3.25. The normalized spacial score (nSPS) is 12.5. The highest BCUT2D eigenvalue weighted by Crippen LogP contribution is 2.26. The largest absolute Gasteiger partial charge is 0.332 e. The molecule has 6 heteroatoms. The van der Waals surface area contributed by atoms with Crippen LogP contribution in [0.5, 0.6) is 0 Å². The SMILES string of the molecule is CC(c1nc2ccccc2c(=O)n1-c1ccc(Br)cc1)N(C)C(=O)c1ccc(C(C)(C)C)cc1. The van der Waals surface area contributed by atoms with Gasteiger partial charge in [0.15, 0.2) is 0 Å². The fraction of sp³-hybridized carbons (Fsp3) is 0.250. The molecule has 1 unspecified atom stereocenters. The van der Waals surface area contributed by atoms with E-state index in [1.165, 1.54) is 5.56 Å². The lowest BCUT2D eigenvalue weighted by atomic mass is 9.86. The molecule has 3 aromatic carbocycles. The van der Waals surface area contributed by atoms with Crippen molar-refractivity contribution in [1.29, 1.82) is 0 Å². The first-order valence-electron chi connectivity index (χ1n) is 11.2. The predicted molar refractivity (Wildman–Crippen MR) is 141 cm³/mol. The first-order valence-corrected chi connectivity index (χ1v) is 12.0. The molecule has 1 amide bonds. The van der Waals surface area contributed by atoms with Gasteiger partial charge in [0.25, 0.3) is 11.5 Å². The average molecular weight is 518 g/mol. The second kappa shape index (κ2) is 9.18. The summed E-state index contributed by atoms with van der Waals surface area (Å²) in [5.74, 6) is 0.380. The number of hydrogen-bond donors (Lipinski definition) is 0. The number of carbonyl (C=O) groups is 1. The van der Waals surface area contributed by atoms with Gasteiger partial charge in [0, 0.05) is 17.1 Å². The Labute approximate surface area is 208 Å². The summed E-state index contributed by atoms with van der Waals surface area (Å²) in [6, 6.07) is 22.1. The molecule has 0 spiro atoms. The molecule has 0 aliphatic carbocycles. The van der Waals surface area contributed by atoms with Gasteiger partial charge in [-0.15, -0.1) is 0 Å². The Morgan fingerprint density at radius 3 is 2.21 bits per heavy atom. The first-order chi connectivity index (χ1) is 16.1. The maximum atomic E-state index is 13.5. The zero-order valence-corrected chi connectivity index (χ0v) is 21.6. The summed E-state index contributed by atoms with van der Waals surface area (Å²) in [6.07, 6.45) is 0. The van der Waals surface area contributed by atoms with Crippen molar-refractivity contribution in [2.45, 2.75) is 39.2 Å². The molecule has 5 nitrogen and oxygen atoms in total. The van der Waals surface area contributed by atoms with Gasteiger partial charge in [0.2, 0.25) is 0 Å². The van der Waals surface area contributed by atoms with Crippen LogP contribution in [0, 0.1) is 0 Å². The third-order valence-electron chi connectivity index (χ3n) is 6.16. The van der Waals surface area contributed by atoms with E-state index in [0.29, 0.717) is 28.0 Å². The molecule has 1 atom stereocenters. The first kappa shape index (κ1) is 23.9. The topological polar surface area (TPSA) is 55.2 Å². The molecule has 0 fully saturated rings. The zero-order chi connectivity index (χ0) is 24.6. The number of hydrogen-bond acceptors (Lipinski definition) is 3. The monoisotopic (exact) mass is 517 g/mol. The smallest absolute Gasteiger partial charge is 0.266 e. The second-order valence-electron chi connectivity index (χ2n) is 9.52. The van der Waals surface area contributed by atoms with Crippen LogP contribution in [0.3, 0.4) is 0 Å². The fourth-order valence-electron chi connectivity index (χ4n) is 3.94. The standard InChI is InChI=1S/C28H28BrN3O2/c1-18(31(5)26(33)19-10-12-20(13-11-19)28(2,3)4)25-30-24-9-7-6-8-23(24)27(34)32(25)22-16-14-21(29)15-17-22/h6-18H,1-5H3. The van der Waals surface area contributed by atoms with Gasteiger partial charge in [0.1, 0.15) is 5.82 Å². The van der Waals surface area contributed by atoms with Gasteiger partial charge in [0.05, 0.1) is 22.6 Å². The number of aromatic nitrogens is 2. The lowest BCUT2D eigenvalue weighted by Gasteiger charge is -2.27. The van der Waals surface area contributed by atoms with Crippen molar-refractivity contribution in [3.63, 3.8) is 0 Å². The van der Waals surface area contributed by atoms with Crippen LogP contribution in [0.1, 0.15) is 55.5 Å². The third kappa shape index (κ3) is 4.55. The highest BCUT2D eigenvalue weighted by Gasteiger charge is 2.25. The van der Waals surface area contributed by atoms with E-state index < -0.39 is 6.04 Å². The van der Waals surface area contributed by atoms with E-state index in [1.807, 2.05) is 73.7 Å². The Kier molecular flexibility index (Phi) is 6.45. The van der Waals surface area contributed by atoms with Gasteiger partial charge in [-0.25, -0.2) is 4.98 Å². The molecule has 0 saturated carbocycles. The summed E-state index contributed by atoms with van der Waals surface area (Å²) >= 11 is 3.45. The van der Waals surface area contributed by atoms with Crippen molar-refractivity contribution in [2.24, 2.45) is 0 Å². The minimum atomic E-state index is -0.448. The van der Waals surface area contributed by atoms with Gasteiger partial charge in [-0.05, 0) is 66.4 Å². The molecule has 0 bridgehead atoms. The van der Waals surface area contributed by atoms with E-state index in [9.17, 15) is 9.59 Å². The van der Waals surface area contributed by atoms with Gasteiger partial charge in [-0.2, -0.15) is 0 Å². The number of carbonyl (C=O) groups excluding carboxylic acids is 1. The van der Waals surface area contributed by atoms with Crippen LogP contribution in [0.2, 0.25) is 0 Å². The number of fused-ring (bicyclic) bond motifs is 1. The van der Waals surface area contributed by atoms with E-state index in [0.717, 1.165) is 4.47 Å². The average Bonchev–Trinajstić information content (AvgIpc) is 2.83. The van der Waals surface area contributed by atoms with Crippen LogP contribution in [0.25, 0.3) is 16.6 Å². The number of para-hydroxylation sites is 1. The Balaban J connectivity index is 1.79. The van der Waals surface area contributed by atoms with Crippen molar-refractivity contribution in [2.75, 3.05) is 7.05 Å². The molecule has 0 radical (unpaired) electrons. The van der Waals surface area contributed by atoms with Crippen LogP contribution in [0.15, 0.2) is 82.1 Å². The summed E-state index contributed by atoms with van der Waals surface area (Å²) in [6.45, 7) is 8.33. The van der Waals surface area contributed by atoms with E-state index in [1.54, 1.807) is 22.6 Å². The molecule has 0 aliphatic rings. The molecule has 34 heavy (non-hydrogen) atoms. The van der Waals surface area contributed by atoms with E-state index in [4.69, 9.17) is 4.98 Å². The molecule has 174 valence electrons. The summed E-state index contributed by atoms with van der Waals surface area (Å²) in [4.78, 5) is 33.4. The molecule has 4 rings (SSSR count). The molecular weight excluding hydrogens is 490 g/mol. The van der Waals surface area contributed by atoms with Crippen LogP contribution in [0.4, 0.5) is 0 Å². The molecule has 1 heterocycles. The molecule has 0 aliphatic heterocycles. The van der Waals surface area contributed by atoms with E-state index >= 15 is 0 Å². The van der Waals surface area contributed by atoms with Gasteiger partial charge < -0.3 is 4.90 Å².